The number of aryl methyl sites for hydroxylation is 1. The first-order chi connectivity index (χ1) is 18.0. The molecule has 0 bridgehead atoms. The number of rotatable bonds is 15. The van der Waals surface area contributed by atoms with Gasteiger partial charge in [0.1, 0.15) is 11.9 Å². The molecule has 208 valence electrons. The van der Waals surface area contributed by atoms with Gasteiger partial charge < -0.3 is 9.84 Å². The summed E-state index contributed by atoms with van der Waals surface area (Å²) in [5.74, 6) is 2.40. The minimum atomic E-state index is 0.0431. The highest BCUT2D eigenvalue weighted by molar-refractivity contribution is 5.69. The minimum Gasteiger partial charge on any atom is -0.508 e. The van der Waals surface area contributed by atoms with Gasteiger partial charge in [0, 0.05) is 11.8 Å². The van der Waals surface area contributed by atoms with Crippen LogP contribution in [0.4, 0.5) is 0 Å². The lowest BCUT2D eigenvalue weighted by Crippen LogP contribution is -2.45. The molecule has 4 rings (SSSR count). The van der Waals surface area contributed by atoms with E-state index in [0.29, 0.717) is 29.9 Å². The third-order valence-electron chi connectivity index (χ3n) is 10.4. The Labute approximate surface area is 227 Å². The van der Waals surface area contributed by atoms with Gasteiger partial charge in [-0.05, 0) is 86.0 Å². The maximum absolute atomic E-state index is 12.7. The maximum Gasteiger partial charge on any atom is 0.306 e. The third-order valence-corrected chi connectivity index (χ3v) is 10.4. The second-order valence-corrected chi connectivity index (χ2v) is 12.9. The van der Waals surface area contributed by atoms with E-state index >= 15 is 0 Å². The summed E-state index contributed by atoms with van der Waals surface area (Å²) in [5, 5.41) is 9.92. The predicted molar refractivity (Wildman–Crippen MR) is 153 cm³/mol. The molecule has 0 aromatic heterocycles. The summed E-state index contributed by atoms with van der Waals surface area (Å²) in [5.41, 5.74) is 2.96. The molecule has 0 saturated heterocycles. The van der Waals surface area contributed by atoms with Gasteiger partial charge in [0.05, 0.1) is 0 Å². The second kappa shape index (κ2) is 14.0. The molecule has 1 N–H and O–H groups in total. The standard InChI is InChI=1S/C34H54O3/c1-3-4-5-6-7-8-9-10-11-12-13-14-15-16-33(36)37-32-22-21-31-30-19-17-26-25-27(35)18-20-28(26)29(30)23-24-34(31,32)2/h18,20,25,29-32,35H,3-17,19,21-24H2,1-2H3/t29-,30-,31+,32+,34+/m1/s1. The average molecular weight is 511 g/mol. The number of esters is 1. The van der Waals surface area contributed by atoms with Gasteiger partial charge >= 0.3 is 5.97 Å². The molecule has 3 aliphatic rings. The van der Waals surface area contributed by atoms with E-state index in [1.807, 2.05) is 12.1 Å². The highest BCUT2D eigenvalue weighted by Crippen LogP contribution is 2.61. The molecule has 3 aliphatic carbocycles. The van der Waals surface area contributed by atoms with Gasteiger partial charge in [0.15, 0.2) is 0 Å². The Morgan fingerprint density at radius 1 is 0.892 bits per heavy atom. The smallest absolute Gasteiger partial charge is 0.306 e. The first-order valence-corrected chi connectivity index (χ1v) is 16.0. The van der Waals surface area contributed by atoms with Crippen molar-refractivity contribution in [3.63, 3.8) is 0 Å². The van der Waals surface area contributed by atoms with Crippen molar-refractivity contribution in [1.29, 1.82) is 0 Å². The SMILES string of the molecule is CCCCCCCCCCCCCCCC(=O)O[C@H]1CC[C@H]2[C@@H]3CCc4cc(O)ccc4[C@H]3CC[C@]12C. The first kappa shape index (κ1) is 28.5. The number of unbranched alkanes of at least 4 members (excludes halogenated alkanes) is 12. The van der Waals surface area contributed by atoms with E-state index < -0.39 is 0 Å². The zero-order chi connectivity index (χ0) is 26.1. The van der Waals surface area contributed by atoms with Gasteiger partial charge in [-0.15, -0.1) is 0 Å². The summed E-state index contributed by atoms with van der Waals surface area (Å²) < 4.78 is 6.18. The number of hydrogen-bond acceptors (Lipinski definition) is 3. The van der Waals surface area contributed by atoms with E-state index in [-0.39, 0.29) is 17.5 Å². The fourth-order valence-electron chi connectivity index (χ4n) is 8.22. The first-order valence-electron chi connectivity index (χ1n) is 16.0. The van der Waals surface area contributed by atoms with E-state index in [1.165, 1.54) is 101 Å². The maximum atomic E-state index is 12.7. The van der Waals surface area contributed by atoms with Crippen LogP contribution < -0.4 is 0 Å². The van der Waals surface area contributed by atoms with Crippen molar-refractivity contribution >= 4 is 5.97 Å². The quantitative estimate of drug-likeness (QED) is 0.189. The van der Waals surface area contributed by atoms with Crippen molar-refractivity contribution in [2.45, 2.75) is 154 Å². The molecule has 0 aliphatic heterocycles. The normalized spacial score (nSPS) is 28.4. The van der Waals surface area contributed by atoms with Crippen molar-refractivity contribution < 1.29 is 14.6 Å². The lowest BCUT2D eigenvalue weighted by Gasteiger charge is -2.50. The Morgan fingerprint density at radius 2 is 1.54 bits per heavy atom. The lowest BCUT2D eigenvalue weighted by atomic mass is 9.55. The van der Waals surface area contributed by atoms with Crippen molar-refractivity contribution in [2.75, 3.05) is 0 Å². The van der Waals surface area contributed by atoms with Gasteiger partial charge in [0.2, 0.25) is 0 Å². The van der Waals surface area contributed by atoms with Gasteiger partial charge in [-0.25, -0.2) is 0 Å². The number of carbonyl (C=O) groups is 1. The van der Waals surface area contributed by atoms with Gasteiger partial charge in [-0.2, -0.15) is 0 Å². The molecule has 1 aromatic rings. The third kappa shape index (κ3) is 7.33. The number of carbonyl (C=O) groups excluding carboxylic acids is 1. The zero-order valence-corrected chi connectivity index (χ0v) is 23.9. The van der Waals surface area contributed by atoms with E-state index in [2.05, 4.69) is 19.9 Å². The van der Waals surface area contributed by atoms with E-state index in [9.17, 15) is 9.90 Å². The molecule has 3 heteroatoms. The topological polar surface area (TPSA) is 46.5 Å². The summed E-state index contributed by atoms with van der Waals surface area (Å²) in [6, 6.07) is 6.02. The van der Waals surface area contributed by atoms with Gasteiger partial charge in [-0.3, -0.25) is 4.79 Å². The van der Waals surface area contributed by atoms with Crippen LogP contribution in [0, 0.1) is 17.3 Å². The molecule has 2 fully saturated rings. The molecule has 0 radical (unpaired) electrons. The molecule has 5 atom stereocenters. The van der Waals surface area contributed by atoms with Crippen LogP contribution in [0.5, 0.6) is 5.75 Å². The van der Waals surface area contributed by atoms with Crippen LogP contribution in [-0.4, -0.2) is 17.2 Å². The summed E-state index contributed by atoms with van der Waals surface area (Å²) in [7, 11) is 0. The van der Waals surface area contributed by atoms with Crippen LogP contribution in [0.2, 0.25) is 0 Å². The minimum absolute atomic E-state index is 0.0431. The van der Waals surface area contributed by atoms with Crippen LogP contribution in [-0.2, 0) is 16.0 Å². The molecular formula is C34H54O3. The molecule has 1 aromatic carbocycles. The van der Waals surface area contributed by atoms with Gasteiger partial charge in [-0.1, -0.05) is 97.0 Å². The van der Waals surface area contributed by atoms with E-state index in [4.69, 9.17) is 4.74 Å². The summed E-state index contributed by atoms with van der Waals surface area (Å²) in [6.07, 6.45) is 24.8. The number of hydrogen-bond donors (Lipinski definition) is 1. The van der Waals surface area contributed by atoms with Crippen molar-refractivity contribution in [3.05, 3.63) is 29.3 Å². The Kier molecular flexibility index (Phi) is 10.8. The van der Waals surface area contributed by atoms with Crippen molar-refractivity contribution in [1.82, 2.24) is 0 Å². The fraction of sp³-hybridized carbons (Fsp3) is 0.794. The van der Waals surface area contributed by atoms with Crippen LogP contribution in [0.25, 0.3) is 0 Å². The highest BCUT2D eigenvalue weighted by Gasteiger charge is 2.56. The lowest BCUT2D eigenvalue weighted by molar-refractivity contribution is -0.157. The van der Waals surface area contributed by atoms with Gasteiger partial charge in [0.25, 0.3) is 0 Å². The van der Waals surface area contributed by atoms with E-state index in [0.717, 1.165) is 32.1 Å². The van der Waals surface area contributed by atoms with Crippen LogP contribution in [0.1, 0.15) is 153 Å². The largest absolute Gasteiger partial charge is 0.508 e. The molecule has 3 nitrogen and oxygen atoms in total. The molecule has 0 amide bonds. The van der Waals surface area contributed by atoms with Crippen LogP contribution >= 0.6 is 0 Å². The number of benzene rings is 1. The molecule has 0 heterocycles. The summed E-state index contributed by atoms with van der Waals surface area (Å²) in [6.45, 7) is 4.69. The number of phenols is 1. The van der Waals surface area contributed by atoms with E-state index in [1.54, 1.807) is 0 Å². The van der Waals surface area contributed by atoms with Crippen LogP contribution in [0.15, 0.2) is 18.2 Å². The molecular weight excluding hydrogens is 456 g/mol. The molecule has 0 unspecified atom stereocenters. The van der Waals surface area contributed by atoms with Crippen molar-refractivity contribution in [3.8, 4) is 5.75 Å². The number of fused-ring (bicyclic) bond motifs is 5. The Morgan fingerprint density at radius 3 is 2.22 bits per heavy atom. The zero-order valence-electron chi connectivity index (χ0n) is 23.9. The Balaban J connectivity index is 1.10. The average Bonchev–Trinajstić information content (AvgIpc) is 3.22. The monoisotopic (exact) mass is 510 g/mol. The Hall–Kier alpha value is -1.51. The predicted octanol–water partition coefficient (Wildman–Crippen LogP) is 9.64. The molecule has 0 spiro atoms. The highest BCUT2D eigenvalue weighted by atomic mass is 16.5. The van der Waals surface area contributed by atoms with Crippen LogP contribution in [0.3, 0.4) is 0 Å². The summed E-state index contributed by atoms with van der Waals surface area (Å²) >= 11 is 0. The second-order valence-electron chi connectivity index (χ2n) is 12.9. The fourth-order valence-corrected chi connectivity index (χ4v) is 8.22. The Bertz CT molecular complexity index is 847. The number of aromatic hydroxyl groups is 1. The number of ether oxygens (including phenoxy) is 1. The number of phenolic OH excluding ortho intramolecular Hbond substituents is 1. The molecule has 2 saturated carbocycles. The van der Waals surface area contributed by atoms with Crippen molar-refractivity contribution in [2.24, 2.45) is 17.3 Å². The summed E-state index contributed by atoms with van der Waals surface area (Å²) in [4.78, 5) is 12.7. The molecule has 37 heavy (non-hydrogen) atoms.